The molecule has 0 aliphatic heterocycles. The Kier molecular flexibility index (Phi) is 4.81. The Bertz CT molecular complexity index is 335. The highest BCUT2D eigenvalue weighted by Gasteiger charge is 2.25. The van der Waals surface area contributed by atoms with Gasteiger partial charge in [-0.2, -0.15) is 0 Å². The minimum absolute atomic E-state index is 0.0124. The van der Waals surface area contributed by atoms with Crippen LogP contribution in [0, 0.1) is 5.41 Å². The first-order valence-electron chi connectivity index (χ1n) is 5.44. The molecule has 0 unspecified atom stereocenters. The van der Waals surface area contributed by atoms with Crippen LogP contribution in [0.15, 0.2) is 30.3 Å². The zero-order valence-corrected chi connectivity index (χ0v) is 10.6. The van der Waals surface area contributed by atoms with E-state index < -0.39 is 5.41 Å². The summed E-state index contributed by atoms with van der Waals surface area (Å²) in [5, 5.41) is 2.90. The second-order valence-corrected chi connectivity index (χ2v) is 4.78. The zero-order chi connectivity index (χ0) is 12.0. The number of amides is 1. The van der Waals surface area contributed by atoms with Crippen LogP contribution in [0.3, 0.4) is 0 Å². The van der Waals surface area contributed by atoms with Crippen molar-refractivity contribution in [3.63, 3.8) is 0 Å². The number of rotatable bonds is 5. The summed E-state index contributed by atoms with van der Waals surface area (Å²) in [6, 6.07) is 10.1. The minimum Gasteiger partial charge on any atom is -0.355 e. The van der Waals surface area contributed by atoms with Crippen molar-refractivity contribution < 1.29 is 4.79 Å². The highest BCUT2D eigenvalue weighted by molar-refractivity contribution is 6.19. The summed E-state index contributed by atoms with van der Waals surface area (Å²) in [5.74, 6) is 0.350. The van der Waals surface area contributed by atoms with Crippen LogP contribution in [0.5, 0.6) is 0 Å². The number of nitrogens with one attached hydrogen (secondary N) is 1. The van der Waals surface area contributed by atoms with E-state index in [4.69, 9.17) is 11.6 Å². The zero-order valence-electron chi connectivity index (χ0n) is 9.79. The van der Waals surface area contributed by atoms with E-state index in [1.54, 1.807) is 0 Å². The Balaban J connectivity index is 2.34. The summed E-state index contributed by atoms with van der Waals surface area (Å²) in [4.78, 5) is 11.7. The van der Waals surface area contributed by atoms with Crippen LogP contribution in [0.4, 0.5) is 0 Å². The topological polar surface area (TPSA) is 29.1 Å². The third-order valence-corrected chi connectivity index (χ3v) is 3.16. The van der Waals surface area contributed by atoms with Crippen molar-refractivity contribution in [3.8, 4) is 0 Å². The fraction of sp³-hybridized carbons (Fsp3) is 0.462. The lowest BCUT2D eigenvalue weighted by Crippen LogP contribution is -2.39. The lowest BCUT2D eigenvalue weighted by atomic mass is 9.95. The molecule has 0 aliphatic rings. The van der Waals surface area contributed by atoms with Crippen LogP contribution >= 0.6 is 11.6 Å². The molecule has 3 heteroatoms. The molecule has 0 atom stereocenters. The molecule has 1 aromatic carbocycles. The number of benzene rings is 1. The molecule has 1 N–H and O–H groups in total. The Labute approximate surface area is 102 Å². The number of alkyl halides is 1. The number of hydrogen-bond donors (Lipinski definition) is 1. The van der Waals surface area contributed by atoms with Crippen molar-refractivity contribution in [1.82, 2.24) is 5.32 Å². The standard InChI is InChI=1S/C13H18ClNO/c1-13(2,10-14)12(16)15-9-8-11-6-4-3-5-7-11/h3-7H,8-10H2,1-2H3,(H,15,16). The SMILES string of the molecule is CC(C)(CCl)C(=O)NCCc1ccccc1. The molecule has 0 bridgehead atoms. The maximum Gasteiger partial charge on any atom is 0.226 e. The molecular weight excluding hydrogens is 222 g/mol. The van der Waals surface area contributed by atoms with Crippen molar-refractivity contribution in [2.75, 3.05) is 12.4 Å². The summed E-state index contributed by atoms with van der Waals surface area (Å²) < 4.78 is 0. The van der Waals surface area contributed by atoms with Gasteiger partial charge in [0.2, 0.25) is 5.91 Å². The molecule has 0 heterocycles. The maximum atomic E-state index is 11.7. The van der Waals surface area contributed by atoms with Gasteiger partial charge in [-0.05, 0) is 25.8 Å². The van der Waals surface area contributed by atoms with Gasteiger partial charge in [0, 0.05) is 12.4 Å². The second kappa shape index (κ2) is 5.90. The number of carbonyl (C=O) groups is 1. The van der Waals surface area contributed by atoms with Crippen molar-refractivity contribution in [2.24, 2.45) is 5.41 Å². The lowest BCUT2D eigenvalue weighted by Gasteiger charge is -2.20. The summed E-state index contributed by atoms with van der Waals surface area (Å²) in [6.45, 7) is 4.35. The monoisotopic (exact) mass is 239 g/mol. The first-order chi connectivity index (χ1) is 7.56. The Morgan fingerprint density at radius 3 is 2.50 bits per heavy atom. The van der Waals surface area contributed by atoms with Gasteiger partial charge < -0.3 is 5.32 Å². The van der Waals surface area contributed by atoms with Crippen molar-refractivity contribution in [1.29, 1.82) is 0 Å². The Morgan fingerprint density at radius 1 is 1.31 bits per heavy atom. The molecule has 0 aromatic heterocycles. The molecule has 2 nitrogen and oxygen atoms in total. The molecule has 1 rings (SSSR count). The molecule has 0 saturated heterocycles. The van der Waals surface area contributed by atoms with E-state index >= 15 is 0 Å². The van der Waals surface area contributed by atoms with Gasteiger partial charge in [-0.15, -0.1) is 11.6 Å². The molecule has 88 valence electrons. The van der Waals surface area contributed by atoms with Crippen LogP contribution in [0.1, 0.15) is 19.4 Å². The van der Waals surface area contributed by atoms with E-state index in [-0.39, 0.29) is 5.91 Å². The van der Waals surface area contributed by atoms with E-state index in [1.807, 2.05) is 32.0 Å². The van der Waals surface area contributed by atoms with Crippen LogP contribution < -0.4 is 5.32 Å². The molecule has 1 amide bonds. The van der Waals surface area contributed by atoms with Crippen LogP contribution in [0.25, 0.3) is 0 Å². The van der Waals surface area contributed by atoms with Crippen LogP contribution in [0.2, 0.25) is 0 Å². The fourth-order valence-corrected chi connectivity index (χ4v) is 1.39. The summed E-state index contributed by atoms with van der Waals surface area (Å²) >= 11 is 5.72. The van der Waals surface area contributed by atoms with Crippen molar-refractivity contribution >= 4 is 17.5 Å². The van der Waals surface area contributed by atoms with Crippen LogP contribution in [-0.2, 0) is 11.2 Å². The Morgan fingerprint density at radius 2 is 1.94 bits per heavy atom. The number of carbonyl (C=O) groups excluding carboxylic acids is 1. The predicted molar refractivity (Wildman–Crippen MR) is 67.7 cm³/mol. The minimum atomic E-state index is -0.488. The molecule has 0 saturated carbocycles. The van der Waals surface area contributed by atoms with E-state index in [1.165, 1.54) is 5.56 Å². The summed E-state index contributed by atoms with van der Waals surface area (Å²) in [5.41, 5.74) is 0.740. The largest absolute Gasteiger partial charge is 0.355 e. The normalized spacial score (nSPS) is 11.2. The molecular formula is C13H18ClNO. The molecule has 0 spiro atoms. The second-order valence-electron chi connectivity index (χ2n) is 4.51. The lowest BCUT2D eigenvalue weighted by molar-refractivity contribution is -0.128. The van der Waals surface area contributed by atoms with Gasteiger partial charge >= 0.3 is 0 Å². The van der Waals surface area contributed by atoms with Gasteiger partial charge in [0.1, 0.15) is 0 Å². The fourth-order valence-electron chi connectivity index (χ4n) is 1.27. The van der Waals surface area contributed by atoms with Crippen molar-refractivity contribution in [3.05, 3.63) is 35.9 Å². The molecule has 0 radical (unpaired) electrons. The molecule has 0 fully saturated rings. The van der Waals surface area contributed by atoms with Gasteiger partial charge in [-0.1, -0.05) is 30.3 Å². The molecule has 0 aliphatic carbocycles. The smallest absolute Gasteiger partial charge is 0.226 e. The van der Waals surface area contributed by atoms with Gasteiger partial charge in [0.25, 0.3) is 0 Å². The van der Waals surface area contributed by atoms with E-state index in [9.17, 15) is 4.79 Å². The first-order valence-corrected chi connectivity index (χ1v) is 5.98. The van der Waals surface area contributed by atoms with E-state index in [2.05, 4.69) is 17.4 Å². The van der Waals surface area contributed by atoms with Gasteiger partial charge in [0.15, 0.2) is 0 Å². The van der Waals surface area contributed by atoms with Gasteiger partial charge in [-0.3, -0.25) is 4.79 Å². The van der Waals surface area contributed by atoms with E-state index in [0.29, 0.717) is 12.4 Å². The quantitative estimate of drug-likeness (QED) is 0.787. The molecule has 16 heavy (non-hydrogen) atoms. The molecule has 1 aromatic rings. The highest BCUT2D eigenvalue weighted by atomic mass is 35.5. The van der Waals surface area contributed by atoms with Gasteiger partial charge in [-0.25, -0.2) is 0 Å². The summed E-state index contributed by atoms with van der Waals surface area (Å²) in [7, 11) is 0. The first kappa shape index (κ1) is 13.0. The highest BCUT2D eigenvalue weighted by Crippen LogP contribution is 2.16. The Hall–Kier alpha value is -1.02. The average molecular weight is 240 g/mol. The van der Waals surface area contributed by atoms with Gasteiger partial charge in [0.05, 0.1) is 5.41 Å². The van der Waals surface area contributed by atoms with Crippen LogP contribution in [-0.4, -0.2) is 18.3 Å². The maximum absolute atomic E-state index is 11.7. The predicted octanol–water partition coefficient (Wildman–Crippen LogP) is 2.61. The average Bonchev–Trinajstić information content (AvgIpc) is 2.30. The summed E-state index contributed by atoms with van der Waals surface area (Å²) in [6.07, 6.45) is 0.852. The van der Waals surface area contributed by atoms with E-state index in [0.717, 1.165) is 6.42 Å². The number of hydrogen-bond acceptors (Lipinski definition) is 1. The third-order valence-electron chi connectivity index (χ3n) is 2.49. The van der Waals surface area contributed by atoms with Crippen molar-refractivity contribution in [2.45, 2.75) is 20.3 Å². The number of halogens is 1. The third kappa shape index (κ3) is 3.86.